The van der Waals surface area contributed by atoms with E-state index < -0.39 is 16.1 Å². The van der Waals surface area contributed by atoms with Crippen molar-refractivity contribution in [3.63, 3.8) is 0 Å². The quantitative estimate of drug-likeness (QED) is 0.703. The third kappa shape index (κ3) is 4.06. The number of pyridine rings is 1. The minimum absolute atomic E-state index is 0.0842. The number of carbonyl (C=O) groups is 1. The van der Waals surface area contributed by atoms with Crippen molar-refractivity contribution in [1.82, 2.24) is 29.4 Å². The van der Waals surface area contributed by atoms with Crippen molar-refractivity contribution in [3.05, 3.63) is 36.5 Å². The van der Waals surface area contributed by atoms with Gasteiger partial charge in [-0.15, -0.1) is 10.2 Å². The number of amides is 1. The van der Waals surface area contributed by atoms with Crippen LogP contribution in [0.5, 0.6) is 0 Å². The molecule has 1 aliphatic rings. The van der Waals surface area contributed by atoms with Gasteiger partial charge in [0.05, 0.1) is 25.0 Å². The number of hydrogen-bond donors (Lipinski definition) is 1. The molecule has 0 bridgehead atoms. The molecule has 3 rings (SSSR count). The maximum absolute atomic E-state index is 12.5. The zero-order chi connectivity index (χ0) is 18.7. The standard InChI is InChI=1S/C15H20N6O4S/c1-20(2)26(23,24)8-11-6-25-7-13(11)19-15(22)12-4-3-5-14(18-12)21-9-16-17-10-21/h3-5,9-11,13H,6-8H2,1-2H3,(H,19,22)/t11-,13+/m0/s1. The van der Waals surface area contributed by atoms with Crippen molar-refractivity contribution in [3.8, 4) is 5.82 Å². The van der Waals surface area contributed by atoms with Gasteiger partial charge in [0, 0.05) is 20.0 Å². The Labute approximate surface area is 151 Å². The molecule has 2 atom stereocenters. The number of ether oxygens (including phenoxy) is 1. The molecule has 0 aromatic carbocycles. The molecule has 0 unspecified atom stereocenters. The zero-order valence-corrected chi connectivity index (χ0v) is 15.3. The average molecular weight is 380 g/mol. The zero-order valence-electron chi connectivity index (χ0n) is 14.4. The highest BCUT2D eigenvalue weighted by Gasteiger charge is 2.34. The highest BCUT2D eigenvalue weighted by Crippen LogP contribution is 2.18. The Hall–Kier alpha value is -2.37. The van der Waals surface area contributed by atoms with Gasteiger partial charge in [-0.25, -0.2) is 17.7 Å². The van der Waals surface area contributed by atoms with E-state index in [9.17, 15) is 13.2 Å². The number of nitrogens with zero attached hydrogens (tertiary/aromatic N) is 5. The summed E-state index contributed by atoms with van der Waals surface area (Å²) in [5, 5.41) is 10.2. The molecule has 1 aliphatic heterocycles. The van der Waals surface area contributed by atoms with Gasteiger partial charge in [0.2, 0.25) is 10.0 Å². The van der Waals surface area contributed by atoms with E-state index in [2.05, 4.69) is 20.5 Å². The molecular formula is C15H20N6O4S. The number of carbonyl (C=O) groups excluding carboxylic acids is 1. The number of sulfonamides is 1. The van der Waals surface area contributed by atoms with Crippen LogP contribution >= 0.6 is 0 Å². The highest BCUT2D eigenvalue weighted by molar-refractivity contribution is 7.89. The van der Waals surface area contributed by atoms with Gasteiger partial charge in [0.1, 0.15) is 24.2 Å². The Kier molecular flexibility index (Phi) is 5.30. The van der Waals surface area contributed by atoms with Crippen molar-refractivity contribution in [1.29, 1.82) is 0 Å². The predicted molar refractivity (Wildman–Crippen MR) is 92.2 cm³/mol. The Morgan fingerprint density at radius 1 is 1.31 bits per heavy atom. The fraction of sp³-hybridized carbons (Fsp3) is 0.467. The van der Waals surface area contributed by atoms with Crippen molar-refractivity contribution >= 4 is 15.9 Å². The number of aromatic nitrogens is 4. The molecule has 3 heterocycles. The van der Waals surface area contributed by atoms with Crippen molar-refractivity contribution in [2.24, 2.45) is 5.92 Å². The number of nitrogens with one attached hydrogen (secondary N) is 1. The molecule has 10 nitrogen and oxygen atoms in total. The van der Waals surface area contributed by atoms with Crippen LogP contribution in [0.25, 0.3) is 5.82 Å². The van der Waals surface area contributed by atoms with Gasteiger partial charge in [0.15, 0.2) is 0 Å². The van der Waals surface area contributed by atoms with Gasteiger partial charge in [-0.05, 0) is 12.1 Å². The largest absolute Gasteiger partial charge is 0.379 e. The van der Waals surface area contributed by atoms with E-state index in [1.54, 1.807) is 22.8 Å². The molecule has 2 aromatic heterocycles. The number of rotatable bonds is 6. The summed E-state index contributed by atoms with van der Waals surface area (Å²) < 4.78 is 32.3. The fourth-order valence-corrected chi connectivity index (χ4v) is 3.76. The van der Waals surface area contributed by atoms with Crippen LogP contribution < -0.4 is 5.32 Å². The molecule has 0 aliphatic carbocycles. The molecule has 1 fully saturated rings. The van der Waals surface area contributed by atoms with Gasteiger partial charge in [-0.3, -0.25) is 9.36 Å². The van der Waals surface area contributed by atoms with Crippen LogP contribution in [0, 0.1) is 5.92 Å². The van der Waals surface area contributed by atoms with Crippen LogP contribution in [-0.2, 0) is 14.8 Å². The lowest BCUT2D eigenvalue weighted by atomic mass is 10.1. The average Bonchev–Trinajstić information content (AvgIpc) is 3.27. The molecule has 0 radical (unpaired) electrons. The summed E-state index contributed by atoms with van der Waals surface area (Å²) in [7, 11) is -0.412. The molecule has 0 saturated carbocycles. The summed E-state index contributed by atoms with van der Waals surface area (Å²) >= 11 is 0. The minimum Gasteiger partial charge on any atom is -0.379 e. The van der Waals surface area contributed by atoms with E-state index in [-0.39, 0.29) is 36.5 Å². The van der Waals surface area contributed by atoms with E-state index in [1.807, 2.05) is 0 Å². The summed E-state index contributed by atoms with van der Waals surface area (Å²) in [5.41, 5.74) is 0.220. The van der Waals surface area contributed by atoms with Crippen LogP contribution in [0.4, 0.5) is 0 Å². The third-order valence-electron chi connectivity index (χ3n) is 4.15. The van der Waals surface area contributed by atoms with Crippen LogP contribution in [0.2, 0.25) is 0 Å². The molecule has 1 amide bonds. The van der Waals surface area contributed by atoms with Gasteiger partial charge < -0.3 is 10.1 Å². The maximum atomic E-state index is 12.5. The molecule has 1 saturated heterocycles. The minimum atomic E-state index is -3.38. The lowest BCUT2D eigenvalue weighted by Gasteiger charge is -2.21. The first-order valence-corrected chi connectivity index (χ1v) is 9.58. The van der Waals surface area contributed by atoms with Gasteiger partial charge in [-0.1, -0.05) is 6.07 Å². The summed E-state index contributed by atoms with van der Waals surface area (Å²) in [5.74, 6) is -0.272. The second-order valence-electron chi connectivity index (χ2n) is 6.19. The molecule has 11 heteroatoms. The van der Waals surface area contributed by atoms with Crippen LogP contribution in [-0.4, -0.2) is 77.5 Å². The van der Waals surface area contributed by atoms with Gasteiger partial charge in [0.25, 0.3) is 5.91 Å². The smallest absolute Gasteiger partial charge is 0.270 e. The van der Waals surface area contributed by atoms with Crippen molar-refractivity contribution in [2.75, 3.05) is 33.1 Å². The molecule has 1 N–H and O–H groups in total. The lowest BCUT2D eigenvalue weighted by molar-refractivity contribution is 0.0921. The Balaban J connectivity index is 1.70. The van der Waals surface area contributed by atoms with Crippen molar-refractivity contribution in [2.45, 2.75) is 6.04 Å². The third-order valence-corrected chi connectivity index (χ3v) is 6.11. The molecular weight excluding hydrogens is 360 g/mol. The first-order chi connectivity index (χ1) is 12.4. The van der Waals surface area contributed by atoms with E-state index in [4.69, 9.17) is 4.74 Å². The first-order valence-electron chi connectivity index (χ1n) is 7.97. The topological polar surface area (TPSA) is 119 Å². The van der Waals surface area contributed by atoms with Crippen LogP contribution in [0.1, 0.15) is 10.5 Å². The monoisotopic (exact) mass is 380 g/mol. The fourth-order valence-electron chi connectivity index (χ4n) is 2.60. The maximum Gasteiger partial charge on any atom is 0.270 e. The summed E-state index contributed by atoms with van der Waals surface area (Å²) in [6, 6.07) is 4.63. The summed E-state index contributed by atoms with van der Waals surface area (Å²) in [6.45, 7) is 0.552. The molecule has 140 valence electrons. The van der Waals surface area contributed by atoms with Crippen molar-refractivity contribution < 1.29 is 17.9 Å². The lowest BCUT2D eigenvalue weighted by Crippen LogP contribution is -2.43. The van der Waals surface area contributed by atoms with Crippen LogP contribution in [0.15, 0.2) is 30.9 Å². The summed E-state index contributed by atoms with van der Waals surface area (Å²) in [4.78, 5) is 16.8. The second-order valence-corrected chi connectivity index (χ2v) is 8.42. The molecule has 0 spiro atoms. The van der Waals surface area contributed by atoms with E-state index in [1.165, 1.54) is 31.1 Å². The first kappa shape index (κ1) is 18.4. The Morgan fingerprint density at radius 3 is 2.73 bits per heavy atom. The summed E-state index contributed by atoms with van der Waals surface area (Å²) in [6.07, 6.45) is 2.97. The Bertz CT molecular complexity index is 868. The van der Waals surface area contributed by atoms with E-state index in [0.717, 1.165) is 0 Å². The van der Waals surface area contributed by atoms with Gasteiger partial charge >= 0.3 is 0 Å². The SMILES string of the molecule is CN(C)S(=O)(=O)C[C@@H]1COC[C@H]1NC(=O)c1cccc(-n2cnnc2)n1. The Morgan fingerprint density at radius 2 is 2.04 bits per heavy atom. The normalized spacial score (nSPS) is 20.4. The second kappa shape index (κ2) is 7.48. The highest BCUT2D eigenvalue weighted by atomic mass is 32.2. The molecule has 26 heavy (non-hydrogen) atoms. The van der Waals surface area contributed by atoms with E-state index >= 15 is 0 Å². The van der Waals surface area contributed by atoms with Gasteiger partial charge in [-0.2, -0.15) is 0 Å². The predicted octanol–water partition coefficient (Wildman–Crippen LogP) is -0.701. The molecule has 2 aromatic rings. The van der Waals surface area contributed by atoms with Crippen LogP contribution in [0.3, 0.4) is 0 Å². The van der Waals surface area contributed by atoms with E-state index in [0.29, 0.717) is 5.82 Å². The number of hydrogen-bond acceptors (Lipinski definition) is 7.